The first kappa shape index (κ1) is 19.5. The second kappa shape index (κ2) is 6.79. The third-order valence-corrected chi connectivity index (χ3v) is 8.31. The van der Waals surface area contributed by atoms with Crippen molar-refractivity contribution in [1.82, 2.24) is 15.2 Å². The highest BCUT2D eigenvalue weighted by Gasteiger charge is 2.60. The molecule has 0 spiro atoms. The molecule has 1 aliphatic heterocycles. The standard InChI is InChI=1S/C23H30N4O3/c1-22(5-7-26-20(22)29)21(30)27(13-17-4-2-3-6-25-17)18-15-8-14-9-16(18)12-23(10-14,11-15)19(24)28/h2-4,6,14-16,18H,5,7-13H2,1H3,(H2,24,28)(H,26,29). The lowest BCUT2D eigenvalue weighted by Gasteiger charge is -2.61. The van der Waals surface area contributed by atoms with Crippen molar-refractivity contribution in [3.63, 3.8) is 0 Å². The van der Waals surface area contributed by atoms with E-state index in [4.69, 9.17) is 5.73 Å². The van der Waals surface area contributed by atoms with Crippen LogP contribution in [-0.4, -0.2) is 40.2 Å². The summed E-state index contributed by atoms with van der Waals surface area (Å²) in [6.07, 6.45) is 6.73. The van der Waals surface area contributed by atoms with Gasteiger partial charge in [0.15, 0.2) is 0 Å². The summed E-state index contributed by atoms with van der Waals surface area (Å²) in [6.45, 7) is 2.70. The Morgan fingerprint density at radius 1 is 1.23 bits per heavy atom. The summed E-state index contributed by atoms with van der Waals surface area (Å²) in [6, 6.07) is 5.75. The lowest BCUT2D eigenvalue weighted by Crippen LogP contribution is -2.64. The number of pyridine rings is 1. The van der Waals surface area contributed by atoms with Crippen LogP contribution in [0.3, 0.4) is 0 Å². The molecule has 6 rings (SSSR count). The first-order valence-corrected chi connectivity index (χ1v) is 11.1. The van der Waals surface area contributed by atoms with Crippen LogP contribution in [0, 0.1) is 28.6 Å². The molecule has 1 aromatic heterocycles. The van der Waals surface area contributed by atoms with E-state index in [2.05, 4.69) is 10.3 Å². The van der Waals surface area contributed by atoms with Gasteiger partial charge in [0.05, 0.1) is 12.2 Å². The Kier molecular flexibility index (Phi) is 4.42. The van der Waals surface area contributed by atoms with Gasteiger partial charge in [-0.25, -0.2) is 0 Å². The Hall–Kier alpha value is -2.44. The van der Waals surface area contributed by atoms with E-state index < -0.39 is 10.8 Å². The molecule has 7 nitrogen and oxygen atoms in total. The van der Waals surface area contributed by atoms with Crippen molar-refractivity contribution in [3.05, 3.63) is 30.1 Å². The molecular weight excluding hydrogens is 380 g/mol. The van der Waals surface area contributed by atoms with Crippen LogP contribution in [0.4, 0.5) is 0 Å². The topological polar surface area (TPSA) is 105 Å². The number of nitrogens with two attached hydrogens (primary N) is 1. The van der Waals surface area contributed by atoms with E-state index in [1.165, 1.54) is 0 Å². The van der Waals surface area contributed by atoms with Crippen molar-refractivity contribution in [2.24, 2.45) is 34.3 Å². The van der Waals surface area contributed by atoms with E-state index in [-0.39, 0.29) is 35.6 Å². The molecule has 3 N–H and O–H groups in total. The van der Waals surface area contributed by atoms with Gasteiger partial charge in [-0.1, -0.05) is 6.07 Å². The predicted octanol–water partition coefficient (Wildman–Crippen LogP) is 1.62. The Morgan fingerprint density at radius 2 is 1.97 bits per heavy atom. The summed E-state index contributed by atoms with van der Waals surface area (Å²) >= 11 is 0. The van der Waals surface area contributed by atoms with Gasteiger partial charge in [0, 0.05) is 24.2 Å². The predicted molar refractivity (Wildman–Crippen MR) is 109 cm³/mol. The quantitative estimate of drug-likeness (QED) is 0.720. The summed E-state index contributed by atoms with van der Waals surface area (Å²) in [5, 5.41) is 2.83. The molecule has 0 radical (unpaired) electrons. The molecule has 3 unspecified atom stereocenters. The van der Waals surface area contributed by atoms with Gasteiger partial charge in [-0.15, -0.1) is 0 Å². The van der Waals surface area contributed by atoms with Crippen LogP contribution in [0.2, 0.25) is 0 Å². The molecule has 160 valence electrons. The molecule has 1 aromatic rings. The molecule has 2 heterocycles. The maximum Gasteiger partial charge on any atom is 0.238 e. The first-order chi connectivity index (χ1) is 14.3. The molecule has 4 aliphatic carbocycles. The van der Waals surface area contributed by atoms with Gasteiger partial charge < -0.3 is 16.0 Å². The minimum absolute atomic E-state index is 0.0359. The lowest BCUT2D eigenvalue weighted by atomic mass is 9.47. The summed E-state index contributed by atoms with van der Waals surface area (Å²) in [4.78, 5) is 45.2. The third-order valence-electron chi connectivity index (χ3n) is 8.31. The summed E-state index contributed by atoms with van der Waals surface area (Å²) < 4.78 is 0. The zero-order chi connectivity index (χ0) is 21.1. The molecule has 5 fully saturated rings. The Bertz CT molecular complexity index is 872. The van der Waals surface area contributed by atoms with E-state index in [1.807, 2.05) is 23.1 Å². The normalized spacial score (nSPS) is 39.0. The number of carbonyl (C=O) groups excluding carboxylic acids is 3. The number of hydrogen-bond acceptors (Lipinski definition) is 4. The molecule has 1 saturated heterocycles. The van der Waals surface area contributed by atoms with E-state index in [0.29, 0.717) is 25.4 Å². The van der Waals surface area contributed by atoms with Crippen molar-refractivity contribution < 1.29 is 14.4 Å². The molecule has 4 bridgehead atoms. The van der Waals surface area contributed by atoms with Crippen molar-refractivity contribution in [3.8, 4) is 0 Å². The average Bonchev–Trinajstić information content (AvgIpc) is 3.06. The minimum Gasteiger partial charge on any atom is -0.369 e. The molecule has 3 atom stereocenters. The minimum atomic E-state index is -1.04. The van der Waals surface area contributed by atoms with E-state index in [9.17, 15) is 14.4 Å². The fraction of sp³-hybridized carbons (Fsp3) is 0.652. The highest BCUT2D eigenvalue weighted by Crippen LogP contribution is 2.61. The van der Waals surface area contributed by atoms with Gasteiger partial charge in [0.1, 0.15) is 5.41 Å². The second-order valence-electron chi connectivity index (χ2n) is 10.2. The number of primary amides is 1. The van der Waals surface area contributed by atoms with Crippen LogP contribution in [0.5, 0.6) is 0 Å². The highest BCUT2D eigenvalue weighted by molar-refractivity contribution is 6.06. The first-order valence-electron chi connectivity index (χ1n) is 11.1. The van der Waals surface area contributed by atoms with Gasteiger partial charge in [0.25, 0.3) is 0 Å². The fourth-order valence-electron chi connectivity index (χ4n) is 7.04. The summed E-state index contributed by atoms with van der Waals surface area (Å²) in [5.74, 6) is 0.562. The smallest absolute Gasteiger partial charge is 0.238 e. The Labute approximate surface area is 176 Å². The van der Waals surface area contributed by atoms with Crippen molar-refractivity contribution in [2.75, 3.05) is 6.54 Å². The highest BCUT2D eigenvalue weighted by atomic mass is 16.2. The van der Waals surface area contributed by atoms with Crippen LogP contribution in [-0.2, 0) is 20.9 Å². The zero-order valence-corrected chi connectivity index (χ0v) is 17.5. The Balaban J connectivity index is 1.50. The van der Waals surface area contributed by atoms with Gasteiger partial charge >= 0.3 is 0 Å². The average molecular weight is 411 g/mol. The SMILES string of the molecule is CC1(C(=O)N(Cc2ccccn2)C2C3CC4CC2CC(C(N)=O)(C4)C3)CCNC1=O. The van der Waals surface area contributed by atoms with Crippen molar-refractivity contribution in [1.29, 1.82) is 0 Å². The maximum absolute atomic E-state index is 13.9. The number of aromatic nitrogens is 1. The van der Waals surface area contributed by atoms with Crippen LogP contribution < -0.4 is 11.1 Å². The van der Waals surface area contributed by atoms with Crippen LogP contribution in [0.15, 0.2) is 24.4 Å². The third kappa shape index (κ3) is 2.85. The molecule has 5 aliphatic rings. The van der Waals surface area contributed by atoms with Crippen molar-refractivity contribution in [2.45, 2.75) is 58.0 Å². The molecular formula is C23H30N4O3. The van der Waals surface area contributed by atoms with E-state index in [0.717, 1.165) is 37.8 Å². The number of amides is 3. The number of nitrogens with zero attached hydrogens (tertiary/aromatic N) is 2. The summed E-state index contributed by atoms with van der Waals surface area (Å²) in [7, 11) is 0. The molecule has 0 aromatic carbocycles. The largest absolute Gasteiger partial charge is 0.369 e. The molecule has 3 amide bonds. The van der Waals surface area contributed by atoms with Gasteiger partial charge in [0.2, 0.25) is 17.7 Å². The van der Waals surface area contributed by atoms with Gasteiger partial charge in [-0.3, -0.25) is 19.4 Å². The summed E-state index contributed by atoms with van der Waals surface area (Å²) in [5.41, 5.74) is 5.24. The maximum atomic E-state index is 13.9. The molecule has 4 saturated carbocycles. The second-order valence-corrected chi connectivity index (χ2v) is 10.2. The van der Waals surface area contributed by atoms with E-state index >= 15 is 0 Å². The number of nitrogens with one attached hydrogen (secondary N) is 1. The fourth-order valence-corrected chi connectivity index (χ4v) is 7.04. The monoisotopic (exact) mass is 410 g/mol. The van der Waals surface area contributed by atoms with E-state index in [1.54, 1.807) is 13.1 Å². The molecule has 7 heteroatoms. The van der Waals surface area contributed by atoms with Gasteiger partial charge in [-0.2, -0.15) is 0 Å². The Morgan fingerprint density at radius 3 is 2.53 bits per heavy atom. The van der Waals surface area contributed by atoms with Gasteiger partial charge in [-0.05, 0) is 75.3 Å². The lowest BCUT2D eigenvalue weighted by molar-refractivity contribution is -0.167. The molecule has 30 heavy (non-hydrogen) atoms. The van der Waals surface area contributed by atoms with Crippen LogP contribution in [0.25, 0.3) is 0 Å². The van der Waals surface area contributed by atoms with Crippen LogP contribution >= 0.6 is 0 Å². The van der Waals surface area contributed by atoms with Crippen molar-refractivity contribution >= 4 is 17.7 Å². The number of rotatable bonds is 5. The van der Waals surface area contributed by atoms with Crippen LogP contribution in [0.1, 0.15) is 51.1 Å². The zero-order valence-electron chi connectivity index (χ0n) is 17.5. The number of carbonyl (C=O) groups is 3. The number of hydrogen-bond donors (Lipinski definition) is 2.